The van der Waals surface area contributed by atoms with Crippen LogP contribution in [0.25, 0.3) is 33.8 Å². The summed E-state index contributed by atoms with van der Waals surface area (Å²) in [5, 5.41) is 88.6. The first kappa shape index (κ1) is 70.0. The van der Waals surface area contributed by atoms with Crippen LogP contribution in [0.1, 0.15) is 116 Å². The molecule has 93 heavy (non-hydrogen) atoms. The molecule has 3 aromatic heterocycles. The summed E-state index contributed by atoms with van der Waals surface area (Å²) in [6, 6.07) is 34.8. The van der Waals surface area contributed by atoms with Gasteiger partial charge >= 0.3 is 17.9 Å². The molecule has 0 aliphatic rings. The van der Waals surface area contributed by atoms with E-state index in [0.29, 0.717) is 65.4 Å². The molecule has 24 nitrogen and oxygen atoms in total. The van der Waals surface area contributed by atoms with E-state index in [1.807, 2.05) is 24.3 Å². The lowest BCUT2D eigenvalue weighted by atomic mass is 9.86. The quantitative estimate of drug-likeness (QED) is 0.0259. The first-order chi connectivity index (χ1) is 43.8. The number of hydrazone groups is 3. The molecule has 0 bridgehead atoms. The maximum atomic E-state index is 12.3. The Kier molecular flexibility index (Phi) is 22.7. The topological polar surface area (TPSA) is 345 Å². The molecule has 0 unspecified atom stereocenters. The van der Waals surface area contributed by atoms with E-state index in [1.54, 1.807) is 95.1 Å². The number of aromatic nitrogens is 6. The summed E-state index contributed by atoms with van der Waals surface area (Å²) < 4.78 is 4.56. The van der Waals surface area contributed by atoms with Crippen LogP contribution in [0.2, 0.25) is 20.1 Å². The van der Waals surface area contributed by atoms with Crippen molar-refractivity contribution in [3.8, 4) is 51.0 Å². The predicted molar refractivity (Wildman–Crippen MR) is 361 cm³/mol. The lowest BCUT2D eigenvalue weighted by molar-refractivity contribution is 0.0686. The molecule has 9 rings (SSSR count). The van der Waals surface area contributed by atoms with E-state index < -0.39 is 29.7 Å². The van der Waals surface area contributed by atoms with Crippen molar-refractivity contribution in [2.45, 2.75) is 47.0 Å². The molecule has 0 fully saturated rings. The van der Waals surface area contributed by atoms with E-state index in [9.17, 15) is 39.3 Å². The summed E-state index contributed by atoms with van der Waals surface area (Å²) in [5.74, 6) is -4.43. The second-order valence-electron chi connectivity index (χ2n) is 21.3. The van der Waals surface area contributed by atoms with Gasteiger partial charge in [0.05, 0.1) is 53.9 Å². The van der Waals surface area contributed by atoms with Gasteiger partial charge < -0.3 is 36.0 Å². The normalized spacial score (nSPS) is 11.6. The number of nitrogens with one attached hydrogen (secondary N) is 4. The molecule has 29 heteroatoms. The van der Waals surface area contributed by atoms with Crippen LogP contribution in [0, 0.1) is 0 Å². The van der Waals surface area contributed by atoms with Crippen LogP contribution in [0.3, 0.4) is 0 Å². The van der Waals surface area contributed by atoms with Crippen LogP contribution in [0.4, 0.5) is 5.69 Å². The maximum absolute atomic E-state index is 12.3. The van der Waals surface area contributed by atoms with Gasteiger partial charge in [-0.25, -0.2) is 25.2 Å². The zero-order chi connectivity index (χ0) is 68.3. The van der Waals surface area contributed by atoms with Gasteiger partial charge in [-0.1, -0.05) is 104 Å². The first-order valence-electron chi connectivity index (χ1n) is 27.5. The summed E-state index contributed by atoms with van der Waals surface area (Å²) in [5.41, 5.74) is 15.2. The Morgan fingerprint density at radius 2 is 0.742 bits per heavy atom. The number of nitrogens with zero attached hydrogens (tertiary/aromatic N) is 9. The fraction of sp³-hybridized carbons (Fsp3) is 0.156. The Hall–Kier alpha value is -10.4. The van der Waals surface area contributed by atoms with Gasteiger partial charge in [-0.15, -0.1) is 0 Å². The molecule has 10 N–H and O–H groups in total. The second kappa shape index (κ2) is 30.1. The summed E-state index contributed by atoms with van der Waals surface area (Å²) in [4.78, 5) is 57.2. The Labute approximate surface area is 557 Å². The number of carbonyl (C=O) groups is 5. The lowest BCUT2D eigenvalue weighted by Crippen LogP contribution is -2.25. The Morgan fingerprint density at radius 3 is 1.06 bits per heavy atom. The van der Waals surface area contributed by atoms with Crippen LogP contribution < -0.4 is 21.6 Å². The van der Waals surface area contributed by atoms with Gasteiger partial charge in [-0.3, -0.25) is 29.1 Å². The smallest absolute Gasteiger partial charge is 0.335 e. The van der Waals surface area contributed by atoms with E-state index in [0.717, 1.165) is 5.56 Å². The van der Waals surface area contributed by atoms with Gasteiger partial charge in [0.1, 0.15) is 17.1 Å². The van der Waals surface area contributed by atoms with E-state index in [-0.39, 0.29) is 78.4 Å². The highest BCUT2D eigenvalue weighted by Gasteiger charge is 2.24. The minimum atomic E-state index is -1.08. The highest BCUT2D eigenvalue weighted by atomic mass is 35.5. The Morgan fingerprint density at radius 1 is 0.441 bits per heavy atom. The number of aryl methyl sites for hydroxylation is 3. The summed E-state index contributed by atoms with van der Waals surface area (Å²) in [7, 11) is 5.07. The van der Waals surface area contributed by atoms with Crippen molar-refractivity contribution in [1.29, 1.82) is 0 Å². The van der Waals surface area contributed by atoms with Crippen molar-refractivity contribution in [3.05, 3.63) is 204 Å². The van der Waals surface area contributed by atoms with Crippen molar-refractivity contribution in [1.82, 2.24) is 45.6 Å². The fourth-order valence-corrected chi connectivity index (χ4v) is 9.49. The SMILES string of the molecule is C/C(=N\NC(=O)c1ccc(C(=O)O)cc1)c1nn(C)c(-c2ccc(C(C)(C)C)cc2)c1O.C/C(=N\NC(=O)c1ccc(C(=O)O)cc1)c1nn(C)c(-c2ccc(Cl)c(Cl)c2)c1O.C/C(=N\NC(=S)Nc1ccc(C(=O)O)cc1)c1nn(C)c(-c2ccc(Cl)c(Cl)c2)c1O. The molecule has 9 aromatic rings. The first-order valence-corrected chi connectivity index (χ1v) is 29.4. The molecule has 3 heterocycles. The van der Waals surface area contributed by atoms with E-state index in [2.05, 4.69) is 73.0 Å². The number of rotatable bonds is 15. The summed E-state index contributed by atoms with van der Waals surface area (Å²) in [6.07, 6.45) is 0. The molecule has 0 radical (unpaired) electrons. The van der Waals surface area contributed by atoms with Gasteiger partial charge in [-0.2, -0.15) is 30.6 Å². The third-order valence-corrected chi connectivity index (χ3v) is 15.3. The fourth-order valence-electron chi connectivity index (χ4n) is 8.73. The van der Waals surface area contributed by atoms with Crippen LogP contribution in [0.15, 0.2) is 149 Å². The largest absolute Gasteiger partial charge is 0.504 e. The minimum Gasteiger partial charge on any atom is -0.504 e. The van der Waals surface area contributed by atoms with Gasteiger partial charge in [-0.05, 0) is 141 Å². The molecule has 0 saturated heterocycles. The monoisotopic (exact) mass is 1360 g/mol. The molecular formula is C64H59Cl4N13O11S. The second-order valence-corrected chi connectivity index (χ2v) is 23.3. The zero-order valence-electron chi connectivity index (χ0n) is 50.9. The van der Waals surface area contributed by atoms with Crippen LogP contribution in [-0.2, 0) is 26.6 Å². The number of anilines is 1. The average Bonchev–Trinajstić information content (AvgIpc) is 1.69. The van der Waals surface area contributed by atoms with Gasteiger partial charge in [0.2, 0.25) is 0 Å². The number of hydrogen-bond donors (Lipinski definition) is 10. The molecule has 0 aliphatic carbocycles. The molecule has 0 aliphatic heterocycles. The highest BCUT2D eigenvalue weighted by Crippen LogP contribution is 2.38. The van der Waals surface area contributed by atoms with E-state index in [4.69, 9.17) is 73.9 Å². The molecule has 0 saturated carbocycles. The van der Waals surface area contributed by atoms with Crippen molar-refractivity contribution in [3.63, 3.8) is 0 Å². The Balaban J connectivity index is 0.000000198. The number of aromatic carboxylic acids is 3. The molecule has 480 valence electrons. The number of aromatic hydroxyl groups is 3. The highest BCUT2D eigenvalue weighted by molar-refractivity contribution is 7.80. The third-order valence-electron chi connectivity index (χ3n) is 13.7. The van der Waals surface area contributed by atoms with E-state index in [1.165, 1.54) is 75.6 Å². The number of hydrogen-bond acceptors (Lipinski definition) is 15. The maximum Gasteiger partial charge on any atom is 0.335 e. The van der Waals surface area contributed by atoms with Crippen LogP contribution in [-0.4, -0.2) is 112 Å². The minimum absolute atomic E-state index is 0.0214. The van der Waals surface area contributed by atoms with Crippen LogP contribution in [0.5, 0.6) is 17.2 Å². The number of benzene rings is 6. The summed E-state index contributed by atoms with van der Waals surface area (Å²) in [6.45, 7) is 11.3. The molecule has 0 spiro atoms. The van der Waals surface area contributed by atoms with Crippen molar-refractivity contribution in [2.24, 2.45) is 36.4 Å². The number of carbonyl (C=O) groups excluding carboxylic acids is 2. The third kappa shape index (κ3) is 17.3. The molecule has 6 aromatic carbocycles. The van der Waals surface area contributed by atoms with Crippen LogP contribution >= 0.6 is 58.6 Å². The number of amides is 2. The van der Waals surface area contributed by atoms with Crippen molar-refractivity contribution < 1.29 is 54.6 Å². The number of halogens is 4. The number of carboxylic acids is 3. The Bertz CT molecular complexity index is 4440. The summed E-state index contributed by atoms with van der Waals surface area (Å²) >= 11 is 29.2. The molecule has 2 amide bonds. The average molecular weight is 1360 g/mol. The molecular weight excluding hydrogens is 1300 g/mol. The van der Waals surface area contributed by atoms with E-state index >= 15 is 0 Å². The lowest BCUT2D eigenvalue weighted by Gasteiger charge is -2.19. The zero-order valence-corrected chi connectivity index (χ0v) is 54.7. The van der Waals surface area contributed by atoms with Gasteiger partial charge in [0.25, 0.3) is 11.8 Å². The predicted octanol–water partition coefficient (Wildman–Crippen LogP) is 12.4. The van der Waals surface area contributed by atoms with Crippen molar-refractivity contribution in [2.75, 3.05) is 5.32 Å². The number of thiocarbonyl (C=S) groups is 1. The number of carboxylic acid groups (broad SMARTS) is 3. The van der Waals surface area contributed by atoms with Gasteiger partial charge in [0, 0.05) is 54.6 Å². The standard InChI is InChI=1S/C24H26N4O4.C20H17Cl2N5O3S.C20H16Cl2N4O4/c1-14(25-26-22(30)16-6-8-17(9-7-16)23(31)32)19-21(29)20(28(5)27-19)15-10-12-18(13-11-15)24(2,3)4;1-10(24-25-20(31)23-13-6-3-11(4-7-13)19(29)30)16-18(28)17(27(2)26-16)12-5-8-14(21)15(22)9-12;1-10(23-24-19(28)11-3-5-12(6-4-11)20(29)30)16-18(27)17(26(2)25-16)13-7-8-14(21)15(22)9-13/h6-13,29H,1-5H3,(H,26,30)(H,31,32);3-9,28H,1-2H3,(H,29,30)(H2,23,25,31);3-9,27H,1-2H3,(H,24,28)(H,29,30)/b25-14+;24-10+;23-10+. The van der Waals surface area contributed by atoms with Crippen molar-refractivity contribution >= 4 is 116 Å². The molecule has 0 atom stereocenters. The van der Waals surface area contributed by atoms with Gasteiger partial charge in [0.15, 0.2) is 39.4 Å².